The van der Waals surface area contributed by atoms with E-state index >= 15 is 0 Å². The number of carbonyl (C=O) groups excluding carboxylic acids is 2. The Labute approximate surface area is 241 Å². The van der Waals surface area contributed by atoms with Crippen molar-refractivity contribution in [3.05, 3.63) is 86.9 Å². The maximum Gasteiger partial charge on any atom is 0.233 e. The van der Waals surface area contributed by atoms with E-state index in [4.69, 9.17) is 4.74 Å². The highest BCUT2D eigenvalue weighted by atomic mass is 32.2. The van der Waals surface area contributed by atoms with Crippen molar-refractivity contribution in [1.82, 2.24) is 14.2 Å². The number of ketones is 1. The van der Waals surface area contributed by atoms with Crippen molar-refractivity contribution in [2.45, 2.75) is 51.2 Å². The smallest absolute Gasteiger partial charge is 0.233 e. The Morgan fingerprint density at radius 2 is 1.70 bits per heavy atom. The number of sulfonamides is 1. The van der Waals surface area contributed by atoms with Gasteiger partial charge >= 0.3 is 0 Å². The molecule has 1 aliphatic carbocycles. The number of nitrogens with zero attached hydrogens (tertiary/aromatic N) is 3. The highest BCUT2D eigenvalue weighted by Crippen LogP contribution is 2.50. The number of aromatic nitrogens is 1. The van der Waals surface area contributed by atoms with Crippen LogP contribution in [0.25, 0.3) is 0 Å². The molecule has 1 saturated carbocycles. The standard InChI is InChI=1S/C30H37N3O5S2/c1-22-28(26(34)21-40(36,37)32(2)3)31-27(39-22)19-33(18-8-11-23-9-6-5-7-10-23)29(35)30(16-17-30)25-14-12-24(13-15-25)20-38-4/h5-7,9-10,12-15H,8,11,16-21H2,1-4H3. The molecule has 0 N–H and O–H groups in total. The van der Waals surface area contributed by atoms with Crippen LogP contribution < -0.4 is 0 Å². The summed E-state index contributed by atoms with van der Waals surface area (Å²) < 4.78 is 30.8. The van der Waals surface area contributed by atoms with Crippen LogP contribution in [0.5, 0.6) is 0 Å². The Balaban J connectivity index is 1.55. The number of hydrogen-bond acceptors (Lipinski definition) is 7. The summed E-state index contributed by atoms with van der Waals surface area (Å²) in [5, 5.41) is 0.627. The van der Waals surface area contributed by atoms with Crippen LogP contribution in [-0.2, 0) is 44.5 Å². The summed E-state index contributed by atoms with van der Waals surface area (Å²) >= 11 is 1.34. The van der Waals surface area contributed by atoms with Crippen LogP contribution in [-0.4, -0.2) is 67.8 Å². The molecule has 1 heterocycles. The fraction of sp³-hybridized carbons (Fsp3) is 0.433. The lowest BCUT2D eigenvalue weighted by Gasteiger charge is -2.27. The van der Waals surface area contributed by atoms with Crippen LogP contribution in [0.1, 0.15) is 56.3 Å². The topological polar surface area (TPSA) is 96.9 Å². The zero-order valence-electron chi connectivity index (χ0n) is 23.6. The summed E-state index contributed by atoms with van der Waals surface area (Å²) in [6.07, 6.45) is 3.20. The maximum absolute atomic E-state index is 14.1. The molecule has 1 aliphatic rings. The van der Waals surface area contributed by atoms with Crippen LogP contribution in [0.4, 0.5) is 0 Å². The van der Waals surface area contributed by atoms with Gasteiger partial charge in [-0.15, -0.1) is 11.3 Å². The molecular weight excluding hydrogens is 546 g/mol. The second kappa shape index (κ2) is 12.7. The molecule has 40 heavy (non-hydrogen) atoms. The molecular formula is C30H37N3O5S2. The molecule has 214 valence electrons. The van der Waals surface area contributed by atoms with Crippen LogP contribution in [0.15, 0.2) is 54.6 Å². The first-order chi connectivity index (χ1) is 19.1. The van der Waals surface area contributed by atoms with E-state index in [2.05, 4.69) is 17.1 Å². The molecule has 0 aliphatic heterocycles. The molecule has 8 nitrogen and oxygen atoms in total. The van der Waals surface area contributed by atoms with Gasteiger partial charge in [0.1, 0.15) is 16.5 Å². The number of amides is 1. The van der Waals surface area contributed by atoms with Crippen molar-refractivity contribution < 1.29 is 22.7 Å². The van der Waals surface area contributed by atoms with E-state index in [-0.39, 0.29) is 18.1 Å². The summed E-state index contributed by atoms with van der Waals surface area (Å²) in [7, 11) is 0.765. The Morgan fingerprint density at radius 1 is 1.02 bits per heavy atom. The van der Waals surface area contributed by atoms with Crippen molar-refractivity contribution in [2.24, 2.45) is 0 Å². The average Bonchev–Trinajstić information content (AvgIpc) is 3.65. The van der Waals surface area contributed by atoms with Crippen molar-refractivity contribution >= 4 is 33.1 Å². The first-order valence-corrected chi connectivity index (χ1v) is 15.8. The van der Waals surface area contributed by atoms with E-state index in [1.54, 1.807) is 14.0 Å². The molecule has 1 aromatic heterocycles. The highest BCUT2D eigenvalue weighted by molar-refractivity contribution is 7.89. The summed E-state index contributed by atoms with van der Waals surface area (Å²) in [5.41, 5.74) is 2.89. The molecule has 1 amide bonds. The van der Waals surface area contributed by atoms with E-state index in [1.165, 1.54) is 31.0 Å². The fourth-order valence-corrected chi connectivity index (χ4v) is 6.51. The fourth-order valence-electron chi connectivity index (χ4n) is 4.82. The average molecular weight is 584 g/mol. The molecule has 0 radical (unpaired) electrons. The number of hydrogen-bond donors (Lipinski definition) is 0. The van der Waals surface area contributed by atoms with Gasteiger partial charge in [0.2, 0.25) is 15.9 Å². The summed E-state index contributed by atoms with van der Waals surface area (Å²) in [4.78, 5) is 34.0. The largest absolute Gasteiger partial charge is 0.380 e. The van der Waals surface area contributed by atoms with Gasteiger partial charge in [-0.05, 0) is 49.3 Å². The monoisotopic (exact) mass is 583 g/mol. The number of Topliss-reactive ketones (excluding diaryl/α,β-unsaturated/α-hetero) is 1. The van der Waals surface area contributed by atoms with E-state index in [1.807, 2.05) is 47.4 Å². The van der Waals surface area contributed by atoms with Crippen molar-refractivity contribution in [2.75, 3.05) is 33.5 Å². The van der Waals surface area contributed by atoms with Gasteiger partial charge in [-0.25, -0.2) is 17.7 Å². The van der Waals surface area contributed by atoms with Crippen LogP contribution >= 0.6 is 11.3 Å². The van der Waals surface area contributed by atoms with E-state index < -0.39 is 27.0 Å². The second-order valence-electron chi connectivity index (χ2n) is 10.5. The highest BCUT2D eigenvalue weighted by Gasteiger charge is 2.53. The van der Waals surface area contributed by atoms with E-state index in [0.717, 1.165) is 41.1 Å². The molecule has 3 aromatic rings. The van der Waals surface area contributed by atoms with Gasteiger partial charge in [-0.2, -0.15) is 0 Å². The maximum atomic E-state index is 14.1. The number of ether oxygens (including phenoxy) is 1. The summed E-state index contributed by atoms with van der Waals surface area (Å²) in [5.74, 6) is -1.10. The lowest BCUT2D eigenvalue weighted by Crippen LogP contribution is -2.39. The van der Waals surface area contributed by atoms with Gasteiger partial charge in [0.25, 0.3) is 0 Å². The number of benzene rings is 2. The second-order valence-corrected chi connectivity index (χ2v) is 14.0. The molecule has 10 heteroatoms. The lowest BCUT2D eigenvalue weighted by atomic mass is 9.93. The van der Waals surface area contributed by atoms with Crippen LogP contribution in [0.3, 0.4) is 0 Å². The number of aryl methyl sites for hydroxylation is 2. The molecule has 0 unspecified atom stereocenters. The minimum atomic E-state index is -3.70. The SMILES string of the molecule is COCc1ccc(C2(C(=O)N(CCCc3ccccc3)Cc3nc(C(=O)CS(=O)(=O)N(C)C)c(C)s3)CC2)cc1. The van der Waals surface area contributed by atoms with Gasteiger partial charge in [0, 0.05) is 32.6 Å². The number of carbonyl (C=O) groups is 2. The number of thiazole rings is 1. The van der Waals surface area contributed by atoms with Gasteiger partial charge in [0.05, 0.1) is 18.6 Å². The third kappa shape index (κ3) is 7.04. The minimum absolute atomic E-state index is 0.0657. The normalized spacial score (nSPS) is 14.3. The zero-order chi connectivity index (χ0) is 28.9. The Kier molecular flexibility index (Phi) is 9.56. The quantitative estimate of drug-likeness (QED) is 0.262. The lowest BCUT2D eigenvalue weighted by molar-refractivity contribution is -0.134. The van der Waals surface area contributed by atoms with Crippen LogP contribution in [0, 0.1) is 6.92 Å². The van der Waals surface area contributed by atoms with Gasteiger partial charge < -0.3 is 9.64 Å². The van der Waals surface area contributed by atoms with E-state index in [0.29, 0.717) is 23.0 Å². The zero-order valence-corrected chi connectivity index (χ0v) is 25.2. The van der Waals surface area contributed by atoms with E-state index in [9.17, 15) is 18.0 Å². The first kappa shape index (κ1) is 30.0. The predicted molar refractivity (Wildman–Crippen MR) is 157 cm³/mol. The third-order valence-corrected chi connectivity index (χ3v) is 10.00. The molecule has 4 rings (SSSR count). The molecule has 0 atom stereocenters. The molecule has 0 bridgehead atoms. The van der Waals surface area contributed by atoms with Crippen molar-refractivity contribution in [3.8, 4) is 0 Å². The van der Waals surface area contributed by atoms with Gasteiger partial charge in [-0.1, -0.05) is 54.6 Å². The van der Waals surface area contributed by atoms with Crippen molar-refractivity contribution in [1.29, 1.82) is 0 Å². The molecule has 2 aromatic carbocycles. The molecule has 1 fully saturated rings. The Bertz CT molecular complexity index is 1430. The Morgan fingerprint density at radius 3 is 2.30 bits per heavy atom. The Hall–Kier alpha value is -2.92. The van der Waals surface area contributed by atoms with Crippen molar-refractivity contribution in [3.63, 3.8) is 0 Å². The molecule has 0 spiro atoms. The van der Waals surface area contributed by atoms with Gasteiger partial charge in [-0.3, -0.25) is 9.59 Å². The first-order valence-electron chi connectivity index (χ1n) is 13.4. The summed E-state index contributed by atoms with van der Waals surface area (Å²) in [6, 6.07) is 18.2. The van der Waals surface area contributed by atoms with Gasteiger partial charge in [0.15, 0.2) is 5.78 Å². The minimum Gasteiger partial charge on any atom is -0.380 e. The number of rotatable bonds is 14. The third-order valence-electron chi connectivity index (χ3n) is 7.30. The summed E-state index contributed by atoms with van der Waals surface area (Å²) in [6.45, 7) is 3.11. The number of methoxy groups -OCH3 is 1. The van der Waals surface area contributed by atoms with Crippen LogP contribution in [0.2, 0.25) is 0 Å². The predicted octanol–water partition coefficient (Wildman–Crippen LogP) is 4.37. The molecule has 0 saturated heterocycles.